The van der Waals surface area contributed by atoms with Gasteiger partial charge >= 0.3 is 0 Å². The van der Waals surface area contributed by atoms with Crippen molar-refractivity contribution in [1.29, 1.82) is 0 Å². The largest absolute Gasteiger partial charge is 0.370 e. The van der Waals surface area contributed by atoms with Crippen molar-refractivity contribution >= 4 is 5.82 Å². The standard InChI is InChI=1S/C15H25N3/c1-3-9-16-15-13(7-5-10-17-15)14-8-6-12-18(14)11-4-2/h5,7,10,14H,3-4,6,8-9,11-12H2,1-2H3,(H,16,17)/t14-/m1/s1. The number of aromatic nitrogens is 1. The van der Waals surface area contributed by atoms with E-state index in [1.807, 2.05) is 6.20 Å². The number of nitrogens with zero attached hydrogens (tertiary/aromatic N) is 2. The number of rotatable bonds is 6. The molecule has 1 fully saturated rings. The minimum atomic E-state index is 0.568. The molecule has 0 bridgehead atoms. The topological polar surface area (TPSA) is 28.2 Å². The summed E-state index contributed by atoms with van der Waals surface area (Å²) < 4.78 is 0. The van der Waals surface area contributed by atoms with Gasteiger partial charge in [-0.05, 0) is 44.8 Å². The van der Waals surface area contributed by atoms with Crippen molar-refractivity contribution < 1.29 is 0 Å². The Morgan fingerprint density at radius 2 is 2.28 bits per heavy atom. The Hall–Kier alpha value is -1.09. The van der Waals surface area contributed by atoms with E-state index in [2.05, 4.69) is 41.2 Å². The van der Waals surface area contributed by atoms with E-state index >= 15 is 0 Å². The molecule has 0 unspecified atom stereocenters. The first-order valence-electron chi connectivity index (χ1n) is 7.29. The molecule has 1 aromatic rings. The van der Waals surface area contributed by atoms with Gasteiger partial charge in [-0.1, -0.05) is 19.9 Å². The second-order valence-electron chi connectivity index (χ2n) is 5.06. The zero-order valence-electron chi connectivity index (χ0n) is 11.7. The number of likely N-dealkylation sites (tertiary alicyclic amines) is 1. The van der Waals surface area contributed by atoms with E-state index in [1.54, 1.807) is 0 Å². The molecule has 3 nitrogen and oxygen atoms in total. The summed E-state index contributed by atoms with van der Waals surface area (Å²) in [5.41, 5.74) is 1.39. The highest BCUT2D eigenvalue weighted by Gasteiger charge is 2.27. The van der Waals surface area contributed by atoms with Gasteiger partial charge in [-0.15, -0.1) is 0 Å². The highest BCUT2D eigenvalue weighted by Crippen LogP contribution is 2.34. The van der Waals surface area contributed by atoms with Gasteiger partial charge in [-0.2, -0.15) is 0 Å². The van der Waals surface area contributed by atoms with Crippen LogP contribution in [0.25, 0.3) is 0 Å². The van der Waals surface area contributed by atoms with Crippen molar-refractivity contribution in [3.63, 3.8) is 0 Å². The maximum Gasteiger partial charge on any atom is 0.130 e. The average Bonchev–Trinajstić information content (AvgIpc) is 2.85. The zero-order chi connectivity index (χ0) is 12.8. The maximum absolute atomic E-state index is 4.52. The molecule has 18 heavy (non-hydrogen) atoms. The molecule has 2 heterocycles. The number of hydrogen-bond donors (Lipinski definition) is 1. The van der Waals surface area contributed by atoms with Gasteiger partial charge in [0.2, 0.25) is 0 Å². The fourth-order valence-corrected chi connectivity index (χ4v) is 2.81. The van der Waals surface area contributed by atoms with Crippen molar-refractivity contribution in [3.8, 4) is 0 Å². The highest BCUT2D eigenvalue weighted by atomic mass is 15.2. The van der Waals surface area contributed by atoms with Gasteiger partial charge in [0.1, 0.15) is 5.82 Å². The van der Waals surface area contributed by atoms with Crippen LogP contribution in [0, 0.1) is 0 Å². The van der Waals surface area contributed by atoms with Gasteiger partial charge in [0.25, 0.3) is 0 Å². The lowest BCUT2D eigenvalue weighted by Crippen LogP contribution is -2.25. The highest BCUT2D eigenvalue weighted by molar-refractivity contribution is 5.46. The second-order valence-corrected chi connectivity index (χ2v) is 5.06. The minimum absolute atomic E-state index is 0.568. The third kappa shape index (κ3) is 3.02. The summed E-state index contributed by atoms with van der Waals surface area (Å²) >= 11 is 0. The fraction of sp³-hybridized carbons (Fsp3) is 0.667. The summed E-state index contributed by atoms with van der Waals surface area (Å²) in [7, 11) is 0. The molecule has 1 N–H and O–H groups in total. The molecule has 1 aliphatic rings. The smallest absolute Gasteiger partial charge is 0.130 e. The molecule has 0 aliphatic carbocycles. The van der Waals surface area contributed by atoms with E-state index in [4.69, 9.17) is 0 Å². The van der Waals surface area contributed by atoms with E-state index in [0.29, 0.717) is 6.04 Å². The molecule has 1 aromatic heterocycles. The summed E-state index contributed by atoms with van der Waals surface area (Å²) in [5.74, 6) is 1.09. The first kappa shape index (κ1) is 13.3. The number of hydrogen-bond acceptors (Lipinski definition) is 3. The summed E-state index contributed by atoms with van der Waals surface area (Å²) in [4.78, 5) is 7.12. The minimum Gasteiger partial charge on any atom is -0.370 e. The van der Waals surface area contributed by atoms with Crippen LogP contribution in [0.3, 0.4) is 0 Å². The molecule has 0 aromatic carbocycles. The van der Waals surface area contributed by atoms with Crippen LogP contribution in [0.15, 0.2) is 18.3 Å². The first-order valence-corrected chi connectivity index (χ1v) is 7.29. The average molecular weight is 247 g/mol. The molecule has 0 spiro atoms. The molecule has 100 valence electrons. The van der Waals surface area contributed by atoms with E-state index < -0.39 is 0 Å². The van der Waals surface area contributed by atoms with Crippen LogP contribution < -0.4 is 5.32 Å². The fourth-order valence-electron chi connectivity index (χ4n) is 2.81. The van der Waals surface area contributed by atoms with Crippen molar-refractivity contribution in [3.05, 3.63) is 23.9 Å². The first-order chi connectivity index (χ1) is 8.86. The van der Waals surface area contributed by atoms with Crippen LogP contribution in [0.4, 0.5) is 5.82 Å². The van der Waals surface area contributed by atoms with Gasteiger partial charge in [0.05, 0.1) is 0 Å². The molecular formula is C15H25N3. The monoisotopic (exact) mass is 247 g/mol. The summed E-state index contributed by atoms with van der Waals surface area (Å²) in [6.07, 6.45) is 6.84. The van der Waals surface area contributed by atoms with Gasteiger partial charge in [-0.3, -0.25) is 4.90 Å². The van der Waals surface area contributed by atoms with E-state index in [0.717, 1.165) is 18.8 Å². The van der Waals surface area contributed by atoms with Gasteiger partial charge in [0, 0.05) is 24.3 Å². The van der Waals surface area contributed by atoms with Crippen LogP contribution in [0.5, 0.6) is 0 Å². The van der Waals surface area contributed by atoms with Crippen LogP contribution in [0.1, 0.15) is 51.1 Å². The SMILES string of the molecule is CCCNc1ncccc1[C@H]1CCCN1CCC. The Morgan fingerprint density at radius 1 is 1.39 bits per heavy atom. The maximum atomic E-state index is 4.52. The summed E-state index contributed by atoms with van der Waals surface area (Å²) in [6, 6.07) is 4.87. The number of pyridine rings is 1. The Bertz CT molecular complexity index is 365. The normalized spacial score (nSPS) is 20.2. The van der Waals surface area contributed by atoms with Crippen molar-refractivity contribution in [1.82, 2.24) is 9.88 Å². The lowest BCUT2D eigenvalue weighted by molar-refractivity contribution is 0.258. The second kappa shape index (κ2) is 6.74. The quantitative estimate of drug-likeness (QED) is 0.834. The predicted molar refractivity (Wildman–Crippen MR) is 76.9 cm³/mol. The van der Waals surface area contributed by atoms with Gasteiger partial charge < -0.3 is 5.32 Å². The van der Waals surface area contributed by atoms with Crippen LogP contribution >= 0.6 is 0 Å². The van der Waals surface area contributed by atoms with Crippen molar-refractivity contribution in [2.24, 2.45) is 0 Å². The molecule has 0 radical (unpaired) electrons. The Balaban J connectivity index is 2.15. The molecule has 1 aliphatic heterocycles. The molecule has 1 atom stereocenters. The van der Waals surface area contributed by atoms with E-state index in [1.165, 1.54) is 37.9 Å². The van der Waals surface area contributed by atoms with Crippen molar-refractivity contribution in [2.75, 3.05) is 25.0 Å². The molecule has 1 saturated heterocycles. The summed E-state index contributed by atoms with van der Waals surface area (Å²) in [5, 5.41) is 3.46. The van der Waals surface area contributed by atoms with Gasteiger partial charge in [0.15, 0.2) is 0 Å². The third-order valence-corrected chi connectivity index (χ3v) is 3.61. The van der Waals surface area contributed by atoms with Crippen LogP contribution in [-0.2, 0) is 0 Å². The molecule has 2 rings (SSSR count). The Morgan fingerprint density at radius 3 is 3.06 bits per heavy atom. The van der Waals surface area contributed by atoms with E-state index in [9.17, 15) is 0 Å². The third-order valence-electron chi connectivity index (χ3n) is 3.61. The lowest BCUT2D eigenvalue weighted by Gasteiger charge is -2.25. The van der Waals surface area contributed by atoms with E-state index in [-0.39, 0.29) is 0 Å². The number of anilines is 1. The van der Waals surface area contributed by atoms with Crippen molar-refractivity contribution in [2.45, 2.75) is 45.6 Å². The van der Waals surface area contributed by atoms with Gasteiger partial charge in [-0.25, -0.2) is 4.98 Å². The molecule has 0 saturated carbocycles. The zero-order valence-corrected chi connectivity index (χ0v) is 11.7. The van der Waals surface area contributed by atoms with Crippen LogP contribution in [0.2, 0.25) is 0 Å². The Kier molecular flexibility index (Phi) is 5.00. The molecule has 3 heteroatoms. The molecule has 0 amide bonds. The lowest BCUT2D eigenvalue weighted by atomic mass is 10.1. The summed E-state index contributed by atoms with van der Waals surface area (Å²) in [6.45, 7) is 7.89. The predicted octanol–water partition coefficient (Wildman–Crippen LogP) is 3.45. The van der Waals surface area contributed by atoms with Crippen LogP contribution in [-0.4, -0.2) is 29.5 Å². The molecular weight excluding hydrogens is 222 g/mol. The number of nitrogens with one attached hydrogen (secondary N) is 1. The Labute approximate surface area is 111 Å².